The Kier molecular flexibility index (Phi) is 2.66. The van der Waals surface area contributed by atoms with Gasteiger partial charge in [0.15, 0.2) is 12.0 Å². The molecule has 0 saturated carbocycles. The van der Waals surface area contributed by atoms with Gasteiger partial charge in [0.2, 0.25) is 5.13 Å². The molecule has 86 valence electrons. The van der Waals surface area contributed by atoms with Crippen LogP contribution >= 0.6 is 11.5 Å². The first-order chi connectivity index (χ1) is 8.42. The fraction of sp³-hybridized carbons (Fsp3) is 0.200. The van der Waals surface area contributed by atoms with E-state index in [9.17, 15) is 0 Å². The third kappa shape index (κ3) is 2.23. The molecule has 6 nitrogen and oxygen atoms in total. The van der Waals surface area contributed by atoms with E-state index in [2.05, 4.69) is 25.1 Å². The topological polar surface area (TPSA) is 76.7 Å². The largest absolute Gasteiger partial charge is 0.443 e. The van der Waals surface area contributed by atoms with Crippen molar-refractivity contribution in [3.63, 3.8) is 0 Å². The number of nitrogens with one attached hydrogen (secondary N) is 1. The van der Waals surface area contributed by atoms with E-state index in [-0.39, 0.29) is 0 Å². The van der Waals surface area contributed by atoms with Crippen LogP contribution in [0, 0.1) is 0 Å². The summed E-state index contributed by atoms with van der Waals surface area (Å²) in [7, 11) is 0. The highest BCUT2D eigenvalue weighted by Gasteiger charge is 2.01. The van der Waals surface area contributed by atoms with E-state index < -0.39 is 0 Å². The highest BCUT2D eigenvalue weighted by molar-refractivity contribution is 7.09. The molecule has 0 aliphatic heterocycles. The summed E-state index contributed by atoms with van der Waals surface area (Å²) in [6.45, 7) is 0.788. The predicted molar refractivity (Wildman–Crippen MR) is 63.9 cm³/mol. The van der Waals surface area contributed by atoms with Crippen LogP contribution in [0.5, 0.6) is 0 Å². The predicted octanol–water partition coefficient (Wildman–Crippen LogP) is 1.73. The van der Waals surface area contributed by atoms with Crippen LogP contribution in [0.15, 0.2) is 29.0 Å². The molecule has 0 unspecified atom stereocenters. The Morgan fingerprint density at radius 2 is 2.35 bits per heavy atom. The zero-order valence-electron chi connectivity index (χ0n) is 8.83. The van der Waals surface area contributed by atoms with E-state index in [1.54, 1.807) is 0 Å². The summed E-state index contributed by atoms with van der Waals surface area (Å²) in [6.07, 6.45) is 2.34. The van der Waals surface area contributed by atoms with E-state index in [0.29, 0.717) is 0 Å². The minimum Gasteiger partial charge on any atom is -0.443 e. The Balaban J connectivity index is 1.64. The summed E-state index contributed by atoms with van der Waals surface area (Å²) in [4.78, 5) is 4.07. The SMILES string of the molecule is c1nc2ccc(CCNc3nnns3)cc2o1. The molecule has 0 spiro atoms. The van der Waals surface area contributed by atoms with E-state index in [1.807, 2.05) is 18.2 Å². The van der Waals surface area contributed by atoms with E-state index in [0.717, 1.165) is 29.2 Å². The van der Waals surface area contributed by atoms with Crippen molar-refractivity contribution >= 4 is 27.8 Å². The molecule has 2 aromatic heterocycles. The third-order valence-electron chi connectivity index (χ3n) is 2.38. The first-order valence-electron chi connectivity index (χ1n) is 5.13. The highest BCUT2D eigenvalue weighted by atomic mass is 32.1. The highest BCUT2D eigenvalue weighted by Crippen LogP contribution is 2.14. The molecule has 0 saturated heterocycles. The van der Waals surface area contributed by atoms with Gasteiger partial charge in [0, 0.05) is 18.1 Å². The molecular weight excluding hydrogens is 238 g/mol. The first kappa shape index (κ1) is 10.2. The molecule has 3 aromatic rings. The van der Waals surface area contributed by atoms with Gasteiger partial charge in [-0.3, -0.25) is 0 Å². The third-order valence-corrected chi connectivity index (χ3v) is 2.94. The van der Waals surface area contributed by atoms with Gasteiger partial charge in [-0.2, -0.15) is 0 Å². The zero-order chi connectivity index (χ0) is 11.5. The monoisotopic (exact) mass is 247 g/mol. The van der Waals surface area contributed by atoms with Crippen LogP contribution in [0.2, 0.25) is 0 Å². The minimum absolute atomic E-state index is 0.741. The summed E-state index contributed by atoms with van der Waals surface area (Å²) in [5.74, 6) is 0. The van der Waals surface area contributed by atoms with Crippen LogP contribution in [0.4, 0.5) is 5.13 Å². The second-order valence-corrected chi connectivity index (χ2v) is 4.23. The summed E-state index contributed by atoms with van der Waals surface area (Å²) in [5.41, 5.74) is 2.90. The maximum atomic E-state index is 5.25. The quantitative estimate of drug-likeness (QED) is 0.756. The van der Waals surface area contributed by atoms with Crippen molar-refractivity contribution < 1.29 is 4.42 Å². The lowest BCUT2D eigenvalue weighted by Crippen LogP contribution is -2.04. The first-order valence-corrected chi connectivity index (χ1v) is 5.90. The molecule has 3 rings (SSSR count). The second kappa shape index (κ2) is 4.46. The molecule has 0 fully saturated rings. The van der Waals surface area contributed by atoms with Gasteiger partial charge in [0.1, 0.15) is 5.52 Å². The number of oxazole rings is 1. The molecular formula is C10H9N5OS. The number of hydrogen-bond acceptors (Lipinski definition) is 7. The van der Waals surface area contributed by atoms with Gasteiger partial charge in [0.05, 0.1) is 0 Å². The number of fused-ring (bicyclic) bond motifs is 1. The lowest BCUT2D eigenvalue weighted by Gasteiger charge is -2.01. The molecule has 1 N–H and O–H groups in total. The average Bonchev–Trinajstić information content (AvgIpc) is 2.98. The maximum Gasteiger partial charge on any atom is 0.225 e. The van der Waals surface area contributed by atoms with Crippen molar-refractivity contribution in [2.45, 2.75) is 6.42 Å². The van der Waals surface area contributed by atoms with Crippen LogP contribution < -0.4 is 5.32 Å². The van der Waals surface area contributed by atoms with Crippen LogP contribution in [-0.2, 0) is 6.42 Å². The summed E-state index contributed by atoms with van der Waals surface area (Å²) in [5, 5.41) is 11.2. The summed E-state index contributed by atoms with van der Waals surface area (Å²) in [6, 6.07) is 6.01. The van der Waals surface area contributed by atoms with Crippen LogP contribution in [0.3, 0.4) is 0 Å². The Bertz CT molecular complexity index is 606. The van der Waals surface area contributed by atoms with Crippen molar-refractivity contribution in [3.05, 3.63) is 30.2 Å². The summed E-state index contributed by atoms with van der Waals surface area (Å²) < 4.78 is 8.93. The lowest BCUT2D eigenvalue weighted by atomic mass is 10.1. The molecule has 0 radical (unpaired) electrons. The molecule has 0 amide bonds. The molecule has 7 heteroatoms. The summed E-state index contributed by atoms with van der Waals surface area (Å²) >= 11 is 1.25. The minimum atomic E-state index is 0.741. The Labute approximate surface area is 101 Å². The van der Waals surface area contributed by atoms with E-state index in [4.69, 9.17) is 4.42 Å². The fourth-order valence-corrected chi connectivity index (χ4v) is 1.96. The lowest BCUT2D eigenvalue weighted by molar-refractivity contribution is 0.601. The fourth-order valence-electron chi connectivity index (χ4n) is 1.57. The van der Waals surface area contributed by atoms with Gasteiger partial charge in [-0.1, -0.05) is 15.7 Å². The van der Waals surface area contributed by atoms with Crippen molar-refractivity contribution in [1.82, 2.24) is 19.8 Å². The number of aromatic nitrogens is 4. The standard InChI is InChI=1S/C10H9N5OS/c1-2-8-9(16-6-12-8)5-7(1)3-4-11-10-13-14-15-17-10/h1-2,5-6H,3-4H2,(H,11,13,15). The van der Waals surface area contributed by atoms with E-state index >= 15 is 0 Å². The van der Waals surface area contributed by atoms with E-state index in [1.165, 1.54) is 23.5 Å². The average molecular weight is 247 g/mol. The van der Waals surface area contributed by atoms with Crippen LogP contribution in [-0.4, -0.2) is 26.3 Å². The van der Waals surface area contributed by atoms with Gasteiger partial charge in [-0.05, 0) is 29.3 Å². The smallest absolute Gasteiger partial charge is 0.225 e. The van der Waals surface area contributed by atoms with Crippen molar-refractivity contribution in [1.29, 1.82) is 0 Å². The Hall–Kier alpha value is -2.02. The maximum absolute atomic E-state index is 5.25. The second-order valence-electron chi connectivity index (χ2n) is 3.50. The molecule has 2 heterocycles. The van der Waals surface area contributed by atoms with Crippen LogP contribution in [0.25, 0.3) is 11.1 Å². The van der Waals surface area contributed by atoms with Crippen LogP contribution in [0.1, 0.15) is 5.56 Å². The molecule has 0 bridgehead atoms. The molecule has 0 aliphatic carbocycles. The number of benzene rings is 1. The van der Waals surface area contributed by atoms with Crippen molar-refractivity contribution in [2.24, 2.45) is 0 Å². The Morgan fingerprint density at radius 3 is 3.24 bits per heavy atom. The van der Waals surface area contributed by atoms with Gasteiger partial charge in [0.25, 0.3) is 0 Å². The van der Waals surface area contributed by atoms with Crippen molar-refractivity contribution in [2.75, 3.05) is 11.9 Å². The number of nitrogens with zero attached hydrogens (tertiary/aromatic N) is 4. The van der Waals surface area contributed by atoms with Gasteiger partial charge in [-0.25, -0.2) is 4.98 Å². The van der Waals surface area contributed by atoms with Gasteiger partial charge in [-0.15, -0.1) is 0 Å². The zero-order valence-corrected chi connectivity index (χ0v) is 9.65. The molecule has 0 atom stereocenters. The number of anilines is 1. The van der Waals surface area contributed by atoms with Gasteiger partial charge < -0.3 is 9.73 Å². The molecule has 0 aliphatic rings. The molecule has 17 heavy (non-hydrogen) atoms. The van der Waals surface area contributed by atoms with Crippen molar-refractivity contribution in [3.8, 4) is 0 Å². The number of rotatable bonds is 4. The Morgan fingerprint density at radius 1 is 1.35 bits per heavy atom. The number of hydrogen-bond donors (Lipinski definition) is 1. The normalized spacial score (nSPS) is 10.8. The van der Waals surface area contributed by atoms with Gasteiger partial charge >= 0.3 is 0 Å². The molecule has 1 aromatic carbocycles.